The van der Waals surface area contributed by atoms with Crippen LogP contribution in [0.1, 0.15) is 38.5 Å². The van der Waals surface area contributed by atoms with Crippen molar-refractivity contribution >= 4 is 17.9 Å². The smallest absolute Gasteiger partial charge is 0.243 e. The van der Waals surface area contributed by atoms with E-state index in [-0.39, 0.29) is 12.0 Å². The molecule has 0 fully saturated rings. The molecule has 124 valence electrons. The molecule has 0 aliphatic heterocycles. The van der Waals surface area contributed by atoms with Crippen LogP contribution in [0.2, 0.25) is 0 Å². The third-order valence-corrected chi connectivity index (χ3v) is 3.02. The summed E-state index contributed by atoms with van der Waals surface area (Å²) in [5.41, 5.74) is 7.77. The molecule has 1 amide bonds. The van der Waals surface area contributed by atoms with Gasteiger partial charge in [-0.3, -0.25) is 10.0 Å². The number of hydroxylamine groups is 1. The highest BCUT2D eigenvalue weighted by Crippen LogP contribution is 2.08. The molecule has 1 aromatic carbocycles. The number of para-hydroxylation sites is 1. The van der Waals surface area contributed by atoms with Gasteiger partial charge in [0.05, 0.1) is 0 Å². The normalized spacial score (nSPS) is 11.0. The van der Waals surface area contributed by atoms with Crippen LogP contribution >= 0.6 is 0 Å². The zero-order valence-electron chi connectivity index (χ0n) is 13.0. The van der Waals surface area contributed by atoms with E-state index in [4.69, 9.17) is 15.7 Å². The van der Waals surface area contributed by atoms with Crippen molar-refractivity contribution in [2.24, 2.45) is 0 Å². The lowest BCUT2D eigenvalue weighted by atomic mass is 10.1. The molecule has 1 aromatic rings. The Labute approximate surface area is 131 Å². The van der Waals surface area contributed by atoms with E-state index >= 15 is 0 Å². The summed E-state index contributed by atoms with van der Waals surface area (Å²) in [7, 11) is 1.52. The van der Waals surface area contributed by atoms with Gasteiger partial charge in [0.1, 0.15) is 12.4 Å². The number of nitrogens with one attached hydrogen (secondary N) is 1. The van der Waals surface area contributed by atoms with Gasteiger partial charge in [0.15, 0.2) is 0 Å². The van der Waals surface area contributed by atoms with Crippen molar-refractivity contribution in [1.29, 1.82) is 0 Å². The van der Waals surface area contributed by atoms with Crippen molar-refractivity contribution in [3.8, 4) is 0 Å². The molecule has 0 aliphatic rings. The van der Waals surface area contributed by atoms with Crippen LogP contribution < -0.4 is 11.2 Å². The summed E-state index contributed by atoms with van der Waals surface area (Å²) >= 11 is 0. The Hall–Kier alpha value is -1.92. The van der Waals surface area contributed by atoms with E-state index in [9.17, 15) is 9.59 Å². The minimum absolute atomic E-state index is 0.300. The molecule has 1 unspecified atom stereocenters. The summed E-state index contributed by atoms with van der Waals surface area (Å²) in [5, 5.41) is 8.22. The van der Waals surface area contributed by atoms with Gasteiger partial charge >= 0.3 is 0 Å². The minimum atomic E-state index is -0.349. The van der Waals surface area contributed by atoms with Gasteiger partial charge in [-0.1, -0.05) is 37.5 Å². The number of hydrogen-bond donors (Lipinski definition) is 3. The second-order valence-corrected chi connectivity index (χ2v) is 4.81. The van der Waals surface area contributed by atoms with Crippen molar-refractivity contribution in [3.63, 3.8) is 0 Å². The van der Waals surface area contributed by atoms with E-state index in [1.807, 2.05) is 30.3 Å². The van der Waals surface area contributed by atoms with Crippen molar-refractivity contribution in [2.75, 3.05) is 12.8 Å². The van der Waals surface area contributed by atoms with Gasteiger partial charge in [-0.15, -0.1) is 0 Å². The average molecular weight is 310 g/mol. The van der Waals surface area contributed by atoms with E-state index in [2.05, 4.69) is 0 Å². The summed E-state index contributed by atoms with van der Waals surface area (Å²) in [4.78, 5) is 21.0. The number of carbonyl (C=O) groups excluding carboxylic acids is 2. The summed E-state index contributed by atoms with van der Waals surface area (Å²) in [6, 6.07) is 9.49. The lowest BCUT2D eigenvalue weighted by Gasteiger charge is -2.06. The van der Waals surface area contributed by atoms with Crippen LogP contribution in [0.25, 0.3) is 0 Å². The summed E-state index contributed by atoms with van der Waals surface area (Å²) in [6.07, 6.45) is 5.13. The van der Waals surface area contributed by atoms with Gasteiger partial charge in [0.25, 0.3) is 0 Å². The number of benzene rings is 1. The number of anilines is 1. The first kappa shape index (κ1) is 20.1. The van der Waals surface area contributed by atoms with Crippen LogP contribution in [0, 0.1) is 0 Å². The Morgan fingerprint density at radius 3 is 2.36 bits per heavy atom. The Morgan fingerprint density at radius 1 is 1.27 bits per heavy atom. The van der Waals surface area contributed by atoms with Gasteiger partial charge in [-0.05, 0) is 25.0 Å². The molecule has 0 saturated carbocycles. The maximum Gasteiger partial charge on any atom is 0.243 e. The zero-order valence-corrected chi connectivity index (χ0v) is 13.0. The van der Waals surface area contributed by atoms with Gasteiger partial charge in [0, 0.05) is 19.2 Å². The Morgan fingerprint density at radius 2 is 1.91 bits per heavy atom. The third kappa shape index (κ3) is 11.9. The monoisotopic (exact) mass is 310 g/mol. The highest BCUT2D eigenvalue weighted by Gasteiger charge is 2.04. The van der Waals surface area contributed by atoms with Gasteiger partial charge in [-0.2, -0.15) is 0 Å². The van der Waals surface area contributed by atoms with Gasteiger partial charge in [-0.25, -0.2) is 5.48 Å². The number of ether oxygens (including phenoxy) is 1. The molecule has 0 heterocycles. The fourth-order valence-corrected chi connectivity index (χ4v) is 1.74. The fraction of sp³-hybridized carbons (Fsp3) is 0.500. The maximum atomic E-state index is 10.6. The van der Waals surface area contributed by atoms with Crippen molar-refractivity contribution in [2.45, 2.75) is 44.6 Å². The largest absolute Gasteiger partial charge is 0.399 e. The number of hydrogen-bond acceptors (Lipinski definition) is 5. The number of rotatable bonds is 9. The highest BCUT2D eigenvalue weighted by atomic mass is 16.5. The topological polar surface area (TPSA) is 102 Å². The molecule has 22 heavy (non-hydrogen) atoms. The van der Waals surface area contributed by atoms with E-state index in [0.29, 0.717) is 6.42 Å². The van der Waals surface area contributed by atoms with E-state index in [1.54, 1.807) is 5.48 Å². The van der Waals surface area contributed by atoms with Crippen LogP contribution in [0.4, 0.5) is 5.69 Å². The Kier molecular flexibility index (Phi) is 12.8. The first-order valence-electron chi connectivity index (χ1n) is 7.35. The third-order valence-electron chi connectivity index (χ3n) is 3.02. The predicted octanol–water partition coefficient (Wildman–Crippen LogP) is 2.32. The second kappa shape index (κ2) is 14.0. The molecule has 0 saturated heterocycles. The van der Waals surface area contributed by atoms with Crippen LogP contribution in [0.15, 0.2) is 30.3 Å². The number of nitrogens with two attached hydrogens (primary N) is 1. The first-order valence-corrected chi connectivity index (χ1v) is 7.35. The number of aldehydes is 1. The summed E-state index contributed by atoms with van der Waals surface area (Å²) in [5.74, 6) is -0.349. The van der Waals surface area contributed by atoms with Crippen molar-refractivity contribution < 1.29 is 19.5 Å². The van der Waals surface area contributed by atoms with Crippen LogP contribution in [0.5, 0.6) is 0 Å². The lowest BCUT2D eigenvalue weighted by Crippen LogP contribution is -2.17. The average Bonchev–Trinajstić information content (AvgIpc) is 2.55. The molecule has 0 bridgehead atoms. The zero-order chi connectivity index (χ0) is 16.6. The second-order valence-electron chi connectivity index (χ2n) is 4.81. The minimum Gasteiger partial charge on any atom is -0.399 e. The summed E-state index contributed by atoms with van der Waals surface area (Å²) < 4.78 is 4.90. The van der Waals surface area contributed by atoms with Crippen molar-refractivity contribution in [1.82, 2.24) is 5.48 Å². The lowest BCUT2D eigenvalue weighted by molar-refractivity contribution is -0.129. The van der Waals surface area contributed by atoms with E-state index < -0.39 is 0 Å². The Balaban J connectivity index is 0.000000518. The number of carbonyl (C=O) groups is 2. The molecule has 0 radical (unpaired) electrons. The highest BCUT2D eigenvalue weighted by molar-refractivity contribution is 5.74. The number of methoxy groups -OCH3 is 1. The molecule has 4 N–H and O–H groups in total. The Bertz CT molecular complexity index is 398. The first-order chi connectivity index (χ1) is 10.6. The van der Waals surface area contributed by atoms with Crippen LogP contribution in [-0.2, 0) is 14.3 Å². The number of amides is 1. The molecule has 6 heteroatoms. The van der Waals surface area contributed by atoms with E-state index in [0.717, 1.165) is 44.1 Å². The van der Waals surface area contributed by atoms with Gasteiger partial charge < -0.3 is 15.3 Å². The van der Waals surface area contributed by atoms with Gasteiger partial charge in [0.2, 0.25) is 5.91 Å². The molecule has 0 spiro atoms. The van der Waals surface area contributed by atoms with Crippen molar-refractivity contribution in [3.05, 3.63) is 30.3 Å². The summed E-state index contributed by atoms with van der Waals surface area (Å²) in [6.45, 7) is 0. The number of nitrogen functional groups attached to an aromatic ring is 1. The molecule has 0 aromatic heterocycles. The van der Waals surface area contributed by atoms with E-state index in [1.165, 1.54) is 7.11 Å². The maximum absolute atomic E-state index is 10.6. The molecule has 1 rings (SSSR count). The number of unbranched alkanes of at least 4 members (excludes halogenated alkanes) is 3. The molecular formula is C16H26N2O4. The molecule has 1 atom stereocenters. The predicted molar refractivity (Wildman–Crippen MR) is 85.3 cm³/mol. The quantitative estimate of drug-likeness (QED) is 0.214. The SMILES string of the molecule is COC(C=O)CCCCCCC(=O)NO.Nc1ccccc1. The molecule has 0 aliphatic carbocycles. The fourth-order valence-electron chi connectivity index (χ4n) is 1.74. The van der Waals surface area contributed by atoms with Crippen LogP contribution in [0.3, 0.4) is 0 Å². The standard InChI is InChI=1S/C10H19NO4.C6H7N/c1-15-9(8-12)6-4-2-3-5-7-10(13)11-14;7-6-4-2-1-3-5-6/h8-9,14H,2-7H2,1H3,(H,11,13);1-5H,7H2. The molecular weight excluding hydrogens is 284 g/mol. The van der Waals surface area contributed by atoms with Crippen LogP contribution in [-0.4, -0.2) is 30.6 Å². The molecule has 6 nitrogen and oxygen atoms in total.